The minimum Gasteiger partial charge on any atom is -0.286 e. The highest BCUT2D eigenvalue weighted by atomic mass is 15.3. The van der Waals surface area contributed by atoms with Crippen LogP contribution >= 0.6 is 0 Å². The summed E-state index contributed by atoms with van der Waals surface area (Å²) in [6, 6.07) is 3.66. The van der Waals surface area contributed by atoms with Gasteiger partial charge in [-0.2, -0.15) is 10.2 Å². The van der Waals surface area contributed by atoms with E-state index in [-0.39, 0.29) is 0 Å². The van der Waals surface area contributed by atoms with Crippen LogP contribution in [0.4, 0.5) is 0 Å². The average molecular weight is 283 g/mol. The molecule has 0 unspecified atom stereocenters. The number of hydrogen-bond acceptors (Lipinski definition) is 6. The maximum absolute atomic E-state index is 3.91. The smallest absolute Gasteiger partial charge is 0.133 e. The highest BCUT2D eigenvalue weighted by molar-refractivity contribution is 5.50. The summed E-state index contributed by atoms with van der Waals surface area (Å²) in [5.41, 5.74) is 1.55. The van der Waals surface area contributed by atoms with Crippen molar-refractivity contribution in [1.29, 1.82) is 0 Å². The Labute approximate surface area is 119 Å². The Morgan fingerprint density at radius 1 is 0.762 bits per heavy atom. The lowest BCUT2D eigenvalue weighted by Gasteiger charge is -1.80. The number of rotatable bonds is 1. The van der Waals surface area contributed by atoms with Crippen molar-refractivity contribution >= 4 is 0 Å². The number of H-pyrrole nitrogens is 3. The van der Waals surface area contributed by atoms with Gasteiger partial charge in [-0.15, -0.1) is 5.10 Å². The van der Waals surface area contributed by atoms with Crippen LogP contribution in [0.25, 0.3) is 11.4 Å². The van der Waals surface area contributed by atoms with Gasteiger partial charge in [0.25, 0.3) is 0 Å². The molecule has 0 aliphatic rings. The molecule has 9 nitrogen and oxygen atoms in total. The lowest BCUT2D eigenvalue weighted by molar-refractivity contribution is 0.939. The summed E-state index contributed by atoms with van der Waals surface area (Å²) < 4.78 is 0. The summed E-state index contributed by atoms with van der Waals surface area (Å²) in [6.45, 7) is 0. The van der Waals surface area contributed by atoms with E-state index in [9.17, 15) is 0 Å². The first-order chi connectivity index (χ1) is 10.5. The molecule has 4 aromatic heterocycles. The number of hydrogen-bond donors (Lipinski definition) is 3. The molecule has 9 heteroatoms. The minimum atomic E-state index is 0.751. The van der Waals surface area contributed by atoms with Crippen molar-refractivity contribution in [3.8, 4) is 11.4 Å². The van der Waals surface area contributed by atoms with Crippen LogP contribution in [-0.4, -0.2) is 45.8 Å². The molecule has 4 rings (SSSR count). The van der Waals surface area contributed by atoms with Crippen LogP contribution in [0.5, 0.6) is 0 Å². The van der Waals surface area contributed by atoms with Crippen LogP contribution < -0.4 is 0 Å². The van der Waals surface area contributed by atoms with E-state index in [2.05, 4.69) is 45.8 Å². The quantitative estimate of drug-likeness (QED) is 0.480. The zero-order valence-corrected chi connectivity index (χ0v) is 11.0. The monoisotopic (exact) mass is 283 g/mol. The molecule has 0 aliphatic heterocycles. The number of nitrogens with zero attached hydrogens (tertiary/aromatic N) is 6. The topological polar surface area (TPSA) is 125 Å². The van der Waals surface area contributed by atoms with E-state index in [1.54, 1.807) is 49.6 Å². The van der Waals surface area contributed by atoms with Crippen molar-refractivity contribution in [2.45, 2.75) is 0 Å². The summed E-state index contributed by atoms with van der Waals surface area (Å²) >= 11 is 0. The van der Waals surface area contributed by atoms with Gasteiger partial charge in [0.1, 0.15) is 11.4 Å². The molecule has 4 aromatic rings. The molecule has 106 valence electrons. The van der Waals surface area contributed by atoms with Crippen molar-refractivity contribution in [2.75, 3.05) is 0 Å². The first-order valence-corrected chi connectivity index (χ1v) is 5.97. The molecule has 0 amide bonds. The molecular weight excluding hydrogens is 270 g/mol. The zero-order chi connectivity index (χ0) is 14.6. The number of aromatic amines is 3. The molecule has 0 radical (unpaired) electrons. The Morgan fingerprint density at radius 2 is 1.57 bits per heavy atom. The minimum absolute atomic E-state index is 0.751. The highest BCUT2D eigenvalue weighted by Gasteiger charge is 1.99. The Bertz CT molecular complexity index is 568. The fraction of sp³-hybridized carbons (Fsp3) is 0. The van der Waals surface area contributed by atoms with Crippen LogP contribution in [0, 0.1) is 0 Å². The van der Waals surface area contributed by atoms with Crippen molar-refractivity contribution in [1.82, 2.24) is 45.8 Å². The van der Waals surface area contributed by atoms with Gasteiger partial charge in [-0.3, -0.25) is 25.3 Å². The van der Waals surface area contributed by atoms with Crippen LogP contribution in [0.15, 0.2) is 61.7 Å². The second kappa shape index (κ2) is 8.69. The van der Waals surface area contributed by atoms with Crippen molar-refractivity contribution < 1.29 is 0 Å². The van der Waals surface area contributed by atoms with Crippen LogP contribution in [0.1, 0.15) is 0 Å². The van der Waals surface area contributed by atoms with Gasteiger partial charge in [-0.25, -0.2) is 0 Å². The van der Waals surface area contributed by atoms with Crippen LogP contribution in [0.2, 0.25) is 0 Å². The standard InChI is InChI=1S/C5H5N5.C4H4N2.C3H4N2/c1-2-6-8-4(1)5-3-7-10-9-5;1-2-6-4-3-5-1;1-2-4-5-3-1/h1-3H,(H,6,8)(H,7,9,10);1-4H;1-3H,(H,4,5). The van der Waals surface area contributed by atoms with Gasteiger partial charge in [-0.1, -0.05) is 5.21 Å². The predicted molar refractivity (Wildman–Crippen MR) is 74.6 cm³/mol. The number of nitrogens with one attached hydrogen (secondary N) is 3. The average Bonchev–Trinajstić information content (AvgIpc) is 3.33. The summed E-state index contributed by atoms with van der Waals surface area (Å²) in [6.07, 6.45) is 13.4. The van der Waals surface area contributed by atoms with E-state index in [0.29, 0.717) is 0 Å². The fourth-order valence-electron chi connectivity index (χ4n) is 1.20. The molecular formula is C12H13N9. The van der Waals surface area contributed by atoms with Crippen LogP contribution in [-0.2, 0) is 0 Å². The van der Waals surface area contributed by atoms with Gasteiger partial charge in [0.05, 0.1) is 6.20 Å². The van der Waals surface area contributed by atoms with Crippen LogP contribution in [0.3, 0.4) is 0 Å². The molecule has 0 spiro atoms. The van der Waals surface area contributed by atoms with Crippen molar-refractivity contribution in [2.24, 2.45) is 0 Å². The van der Waals surface area contributed by atoms with E-state index in [4.69, 9.17) is 0 Å². The predicted octanol–water partition coefficient (Wildman–Crippen LogP) is 1.08. The lowest BCUT2D eigenvalue weighted by atomic mass is 10.3. The van der Waals surface area contributed by atoms with Gasteiger partial charge >= 0.3 is 0 Å². The van der Waals surface area contributed by atoms with E-state index in [1.807, 2.05) is 12.1 Å². The van der Waals surface area contributed by atoms with E-state index >= 15 is 0 Å². The second-order valence-electron chi connectivity index (χ2n) is 3.48. The third-order valence-corrected chi connectivity index (χ3v) is 2.06. The Kier molecular flexibility index (Phi) is 5.82. The normalized spacial score (nSPS) is 8.95. The third-order valence-electron chi connectivity index (χ3n) is 2.06. The highest BCUT2D eigenvalue weighted by Crippen LogP contribution is 2.08. The molecule has 21 heavy (non-hydrogen) atoms. The summed E-state index contributed by atoms with van der Waals surface area (Å²) in [5.74, 6) is 0. The molecule has 0 aromatic carbocycles. The first-order valence-electron chi connectivity index (χ1n) is 5.97. The largest absolute Gasteiger partial charge is 0.286 e. The Hall–Kier alpha value is -3.36. The summed E-state index contributed by atoms with van der Waals surface area (Å²) in [5, 5.41) is 22.7. The molecule has 0 saturated carbocycles. The molecule has 0 bridgehead atoms. The molecule has 0 atom stereocenters. The molecule has 3 N–H and O–H groups in total. The second-order valence-corrected chi connectivity index (χ2v) is 3.48. The maximum Gasteiger partial charge on any atom is 0.133 e. The molecule has 0 fully saturated rings. The Balaban J connectivity index is 0.000000126. The van der Waals surface area contributed by atoms with Gasteiger partial charge in [0.2, 0.25) is 0 Å². The van der Waals surface area contributed by atoms with E-state index in [1.165, 1.54) is 0 Å². The van der Waals surface area contributed by atoms with Gasteiger partial charge in [0, 0.05) is 43.4 Å². The SMILES string of the molecule is c1cc(-c2c[nH]nn2)n[nH]1.c1cn[nH]c1.c1cnccn1. The zero-order valence-electron chi connectivity index (χ0n) is 11.0. The number of aromatic nitrogens is 9. The van der Waals surface area contributed by atoms with E-state index in [0.717, 1.165) is 11.4 Å². The fourth-order valence-corrected chi connectivity index (χ4v) is 1.20. The Morgan fingerprint density at radius 3 is 1.95 bits per heavy atom. The maximum atomic E-state index is 3.91. The lowest BCUT2D eigenvalue weighted by Crippen LogP contribution is -1.76. The first kappa shape index (κ1) is 14.1. The van der Waals surface area contributed by atoms with E-state index < -0.39 is 0 Å². The van der Waals surface area contributed by atoms with Gasteiger partial charge < -0.3 is 0 Å². The molecule has 0 aliphatic carbocycles. The summed E-state index contributed by atoms with van der Waals surface area (Å²) in [4.78, 5) is 7.44. The molecule has 0 saturated heterocycles. The summed E-state index contributed by atoms with van der Waals surface area (Å²) in [7, 11) is 0. The third kappa shape index (κ3) is 5.42. The van der Waals surface area contributed by atoms with Crippen molar-refractivity contribution in [3.05, 3.63) is 61.7 Å². The molecule has 4 heterocycles. The van der Waals surface area contributed by atoms with Gasteiger partial charge in [0.15, 0.2) is 0 Å². The van der Waals surface area contributed by atoms with Gasteiger partial charge in [-0.05, 0) is 12.1 Å². The van der Waals surface area contributed by atoms with Crippen molar-refractivity contribution in [3.63, 3.8) is 0 Å².